The predicted molar refractivity (Wildman–Crippen MR) is 83.9 cm³/mol. The molecule has 0 bridgehead atoms. The Balaban J connectivity index is 1.80. The van der Waals surface area contributed by atoms with Crippen molar-refractivity contribution in [3.8, 4) is 0 Å². The number of amides is 1. The highest BCUT2D eigenvalue weighted by Gasteiger charge is 2.37. The number of benzene rings is 1. The molecule has 0 unspecified atom stereocenters. The van der Waals surface area contributed by atoms with Crippen LogP contribution in [0.3, 0.4) is 0 Å². The molecule has 1 aromatic carbocycles. The molecule has 6 heteroatoms. The van der Waals surface area contributed by atoms with E-state index in [1.807, 2.05) is 0 Å². The summed E-state index contributed by atoms with van der Waals surface area (Å²) in [5.74, 6) is -1.46. The van der Waals surface area contributed by atoms with Gasteiger partial charge in [-0.25, -0.2) is 13.8 Å². The molecule has 1 saturated heterocycles. The fraction of sp³-hybridized carbons (Fsp3) is 0.529. The molecule has 0 saturated carbocycles. The standard InChI is InChI=1S/C17H21F2N3O/c1-17(2)10-11(3-5-20-17)16(23)22-15(4-6-21-22)12-7-13(18)9-14(19)8-12/h6-9,11,15,20H,3-5,10H2,1-2H3/t11-,15+/m1/s1. The van der Waals surface area contributed by atoms with Crippen LogP contribution in [0.4, 0.5) is 8.78 Å². The maximum absolute atomic E-state index is 13.5. The quantitative estimate of drug-likeness (QED) is 0.910. The van der Waals surface area contributed by atoms with Crippen LogP contribution in [-0.2, 0) is 4.79 Å². The minimum absolute atomic E-state index is 0.0667. The van der Waals surface area contributed by atoms with Crippen LogP contribution in [0.5, 0.6) is 0 Å². The van der Waals surface area contributed by atoms with Gasteiger partial charge in [-0.2, -0.15) is 5.10 Å². The van der Waals surface area contributed by atoms with Crippen molar-refractivity contribution in [2.24, 2.45) is 11.0 Å². The van der Waals surface area contributed by atoms with E-state index in [2.05, 4.69) is 24.3 Å². The summed E-state index contributed by atoms with van der Waals surface area (Å²) in [6.07, 6.45) is 3.58. The molecule has 2 aliphatic heterocycles. The second kappa shape index (κ2) is 6.00. The van der Waals surface area contributed by atoms with E-state index < -0.39 is 17.7 Å². The van der Waals surface area contributed by atoms with E-state index >= 15 is 0 Å². The summed E-state index contributed by atoms with van der Waals surface area (Å²) < 4.78 is 26.9. The zero-order valence-corrected chi connectivity index (χ0v) is 13.4. The molecule has 0 aromatic heterocycles. The number of hydrogen-bond acceptors (Lipinski definition) is 3. The molecular formula is C17H21F2N3O. The first-order chi connectivity index (χ1) is 10.9. The molecule has 0 spiro atoms. The number of rotatable bonds is 2. The zero-order chi connectivity index (χ0) is 16.6. The molecule has 0 radical (unpaired) electrons. The Kier molecular flexibility index (Phi) is 4.19. The van der Waals surface area contributed by atoms with Gasteiger partial charge >= 0.3 is 0 Å². The van der Waals surface area contributed by atoms with Gasteiger partial charge in [0.2, 0.25) is 5.91 Å². The molecule has 0 aliphatic carbocycles. The number of hydrazone groups is 1. The van der Waals surface area contributed by atoms with E-state index in [0.717, 1.165) is 25.5 Å². The van der Waals surface area contributed by atoms with Crippen LogP contribution in [0, 0.1) is 17.6 Å². The third-order valence-corrected chi connectivity index (χ3v) is 4.53. The van der Waals surface area contributed by atoms with Gasteiger partial charge in [0, 0.05) is 30.2 Å². The van der Waals surface area contributed by atoms with E-state index in [1.54, 1.807) is 6.21 Å². The Morgan fingerprint density at radius 2 is 2.00 bits per heavy atom. The van der Waals surface area contributed by atoms with Gasteiger partial charge < -0.3 is 5.32 Å². The van der Waals surface area contributed by atoms with Gasteiger partial charge in [-0.15, -0.1) is 0 Å². The third kappa shape index (κ3) is 3.42. The van der Waals surface area contributed by atoms with Gasteiger partial charge in [0.25, 0.3) is 0 Å². The monoisotopic (exact) mass is 321 g/mol. The second-order valence-corrected chi connectivity index (χ2v) is 6.94. The van der Waals surface area contributed by atoms with E-state index in [4.69, 9.17) is 0 Å². The first-order valence-electron chi connectivity index (χ1n) is 7.92. The van der Waals surface area contributed by atoms with Crippen LogP contribution in [0.2, 0.25) is 0 Å². The Morgan fingerprint density at radius 1 is 1.30 bits per heavy atom. The fourth-order valence-electron chi connectivity index (χ4n) is 3.44. The second-order valence-electron chi connectivity index (χ2n) is 6.94. The van der Waals surface area contributed by atoms with Crippen LogP contribution in [-0.4, -0.2) is 29.2 Å². The smallest absolute Gasteiger partial charge is 0.246 e. The molecule has 2 aliphatic rings. The van der Waals surface area contributed by atoms with Crippen molar-refractivity contribution in [2.75, 3.05) is 6.54 Å². The first kappa shape index (κ1) is 16.1. The Hall–Kier alpha value is -1.82. The Labute approximate surface area is 134 Å². The predicted octanol–water partition coefficient (Wildman–Crippen LogP) is 3.00. The van der Waals surface area contributed by atoms with Crippen molar-refractivity contribution in [1.29, 1.82) is 0 Å². The molecule has 4 nitrogen and oxygen atoms in total. The lowest BCUT2D eigenvalue weighted by molar-refractivity contribution is -0.139. The number of halogens is 2. The average Bonchev–Trinajstić information content (AvgIpc) is 2.93. The van der Waals surface area contributed by atoms with Crippen molar-refractivity contribution in [3.05, 3.63) is 35.4 Å². The van der Waals surface area contributed by atoms with Gasteiger partial charge in [-0.1, -0.05) is 0 Å². The van der Waals surface area contributed by atoms with E-state index in [0.29, 0.717) is 12.0 Å². The van der Waals surface area contributed by atoms with Crippen LogP contribution in [0.1, 0.15) is 44.7 Å². The third-order valence-electron chi connectivity index (χ3n) is 4.53. The molecule has 1 fully saturated rings. The van der Waals surface area contributed by atoms with E-state index in [9.17, 15) is 13.6 Å². The van der Waals surface area contributed by atoms with Crippen molar-refractivity contribution in [3.63, 3.8) is 0 Å². The van der Waals surface area contributed by atoms with Crippen molar-refractivity contribution >= 4 is 12.1 Å². The molecule has 23 heavy (non-hydrogen) atoms. The van der Waals surface area contributed by atoms with E-state index in [-0.39, 0.29) is 17.4 Å². The molecule has 1 N–H and O–H groups in total. The maximum atomic E-state index is 13.5. The van der Waals surface area contributed by atoms with Crippen LogP contribution >= 0.6 is 0 Å². The molecule has 2 atom stereocenters. The molecular weight excluding hydrogens is 300 g/mol. The van der Waals surface area contributed by atoms with Gasteiger partial charge in [-0.05, 0) is 50.9 Å². The van der Waals surface area contributed by atoms with Crippen molar-refractivity contribution in [1.82, 2.24) is 10.3 Å². The van der Waals surface area contributed by atoms with Gasteiger partial charge in [0.1, 0.15) is 11.6 Å². The maximum Gasteiger partial charge on any atom is 0.246 e. The zero-order valence-electron chi connectivity index (χ0n) is 13.4. The lowest BCUT2D eigenvalue weighted by Crippen LogP contribution is -2.49. The summed E-state index contributed by atoms with van der Waals surface area (Å²) in [4.78, 5) is 12.8. The van der Waals surface area contributed by atoms with Crippen LogP contribution in [0.25, 0.3) is 0 Å². The number of hydrogen-bond donors (Lipinski definition) is 1. The highest BCUT2D eigenvalue weighted by Crippen LogP contribution is 2.33. The lowest BCUT2D eigenvalue weighted by Gasteiger charge is -2.37. The van der Waals surface area contributed by atoms with Crippen molar-refractivity contribution < 1.29 is 13.6 Å². The Bertz CT molecular complexity index is 624. The largest absolute Gasteiger partial charge is 0.312 e. The highest BCUT2D eigenvalue weighted by molar-refractivity contribution is 5.82. The van der Waals surface area contributed by atoms with Crippen LogP contribution in [0.15, 0.2) is 23.3 Å². The average molecular weight is 321 g/mol. The topological polar surface area (TPSA) is 44.7 Å². The normalized spacial score (nSPS) is 26.5. The summed E-state index contributed by atoms with van der Waals surface area (Å²) >= 11 is 0. The summed E-state index contributed by atoms with van der Waals surface area (Å²) in [6, 6.07) is 2.95. The highest BCUT2D eigenvalue weighted by atomic mass is 19.1. The molecule has 1 aromatic rings. The molecule has 2 heterocycles. The summed E-state index contributed by atoms with van der Waals surface area (Å²) in [7, 11) is 0. The van der Waals surface area contributed by atoms with Gasteiger partial charge in [0.05, 0.1) is 6.04 Å². The number of carbonyl (C=O) groups excluding carboxylic acids is 1. The van der Waals surface area contributed by atoms with Crippen LogP contribution < -0.4 is 5.32 Å². The molecule has 3 rings (SSSR count). The SMILES string of the molecule is CC1(C)C[C@H](C(=O)N2N=CC[C@H]2c2cc(F)cc(F)c2)CCN1. The summed E-state index contributed by atoms with van der Waals surface area (Å²) in [5, 5.41) is 8.96. The Morgan fingerprint density at radius 3 is 2.65 bits per heavy atom. The lowest BCUT2D eigenvalue weighted by atomic mass is 9.83. The summed E-state index contributed by atoms with van der Waals surface area (Å²) in [5.41, 5.74) is 0.351. The molecule has 1 amide bonds. The number of nitrogens with zero attached hydrogens (tertiary/aromatic N) is 2. The fourth-order valence-corrected chi connectivity index (χ4v) is 3.44. The van der Waals surface area contributed by atoms with Gasteiger partial charge in [0.15, 0.2) is 0 Å². The summed E-state index contributed by atoms with van der Waals surface area (Å²) in [6.45, 7) is 4.92. The number of piperidine rings is 1. The van der Waals surface area contributed by atoms with E-state index in [1.165, 1.54) is 17.1 Å². The van der Waals surface area contributed by atoms with Gasteiger partial charge in [-0.3, -0.25) is 4.79 Å². The minimum Gasteiger partial charge on any atom is -0.312 e. The van der Waals surface area contributed by atoms with Crippen molar-refractivity contribution in [2.45, 2.75) is 44.7 Å². The molecule has 124 valence electrons. The number of carbonyl (C=O) groups is 1. The number of nitrogens with one attached hydrogen (secondary N) is 1. The minimum atomic E-state index is -0.637. The first-order valence-corrected chi connectivity index (χ1v) is 7.92.